The van der Waals surface area contributed by atoms with Crippen LogP contribution in [0.15, 0.2) is 49.1 Å². The molecular formula is C74H108N14O46. The molecule has 0 aliphatic carbocycles. The maximum atomic E-state index is 12.8. The van der Waals surface area contributed by atoms with E-state index >= 15 is 0 Å². The fourth-order valence-corrected chi connectivity index (χ4v) is 16.9. The fraction of sp³-hybridized carbons (Fsp3) is 0.757. The van der Waals surface area contributed by atoms with Crippen molar-refractivity contribution in [3.8, 4) is 22.5 Å². The second kappa shape index (κ2) is 43.6. The van der Waals surface area contributed by atoms with Gasteiger partial charge in [0.2, 0.25) is 11.8 Å². The minimum atomic E-state index is -2.96. The Morgan fingerprint density at radius 1 is 0.410 bits per heavy atom. The molecule has 13 rings (SSSR count). The lowest BCUT2D eigenvalue weighted by Gasteiger charge is -2.48. The quantitative estimate of drug-likeness (QED) is 0.0177. The Morgan fingerprint density at radius 3 is 1.07 bits per heavy atom. The molecule has 8 aliphatic rings. The molecule has 2 amide bonds. The maximum Gasteiger partial charge on any atom is 0.364 e. The Morgan fingerprint density at radius 2 is 0.746 bits per heavy atom. The predicted molar refractivity (Wildman–Crippen MR) is 414 cm³/mol. The van der Waals surface area contributed by atoms with Crippen LogP contribution in [-0.4, -0.2) is 512 Å². The average molecular weight is 1930 g/mol. The number of hydrogen-bond acceptors (Lipinski definition) is 52. The minimum Gasteiger partial charge on any atom is -0.477 e. The summed E-state index contributed by atoms with van der Waals surface area (Å²) in [5.41, 5.74) is 1.21. The van der Waals surface area contributed by atoms with Crippen LogP contribution in [-0.2, 0) is 98.7 Å². The summed E-state index contributed by atoms with van der Waals surface area (Å²) in [4.78, 5) is 49.6. The second-order valence-corrected chi connectivity index (χ2v) is 33.2. The highest BCUT2D eigenvalue weighted by molar-refractivity contribution is 5.77. The van der Waals surface area contributed by atoms with Gasteiger partial charge in [-0.2, -0.15) is 0 Å². The van der Waals surface area contributed by atoms with Gasteiger partial charge in [0.25, 0.3) is 11.6 Å². The van der Waals surface area contributed by atoms with Crippen molar-refractivity contribution in [3.05, 3.63) is 60.4 Å². The number of aliphatic hydroxyl groups excluding tert-OH is 26. The van der Waals surface area contributed by atoms with E-state index < -0.39 is 359 Å². The highest BCUT2D eigenvalue weighted by atomic mass is 16.8. The molecule has 0 radical (unpaired) electrons. The van der Waals surface area contributed by atoms with Crippen LogP contribution in [0.4, 0.5) is 0 Å². The second-order valence-electron chi connectivity index (χ2n) is 33.2. The summed E-state index contributed by atoms with van der Waals surface area (Å²) in [6.45, 7) is -7.00. The van der Waals surface area contributed by atoms with Crippen LogP contribution in [0.5, 0.6) is 0 Å². The molecule has 5 aromatic rings. The zero-order valence-electron chi connectivity index (χ0n) is 70.4. The first-order valence-corrected chi connectivity index (χ1v) is 41.8. The molecule has 750 valence electrons. The molecule has 4 aromatic heterocycles. The molecule has 60 nitrogen and oxygen atoms in total. The number of carbonyl (C=O) groups excluding carboxylic acids is 2. The van der Waals surface area contributed by atoms with Gasteiger partial charge in [-0.05, 0) is 0 Å². The number of amides is 2. The molecule has 8 fully saturated rings. The molecule has 12 heterocycles. The van der Waals surface area contributed by atoms with Crippen LogP contribution >= 0.6 is 0 Å². The Bertz CT molecular complexity index is 4380. The lowest BCUT2D eigenvalue weighted by Crippen LogP contribution is -2.68. The van der Waals surface area contributed by atoms with Crippen LogP contribution in [0.3, 0.4) is 0 Å². The normalized spacial score (nSPS) is 40.4. The number of aliphatic hydroxyl groups is 26. The van der Waals surface area contributed by atoms with Crippen molar-refractivity contribution >= 4 is 23.8 Å². The number of aliphatic carboxylic acids is 2. The van der Waals surface area contributed by atoms with E-state index in [-0.39, 0.29) is 22.8 Å². The van der Waals surface area contributed by atoms with Gasteiger partial charge < -0.3 is 220 Å². The van der Waals surface area contributed by atoms with Gasteiger partial charge >= 0.3 is 11.9 Å². The van der Waals surface area contributed by atoms with Crippen molar-refractivity contribution < 1.29 is 228 Å². The van der Waals surface area contributed by atoms with Crippen LogP contribution in [0.1, 0.15) is 62.6 Å². The first-order valence-electron chi connectivity index (χ1n) is 41.8. The number of nitrogens with one attached hydrogen (secondary N) is 2. The van der Waals surface area contributed by atoms with E-state index in [2.05, 4.69) is 51.9 Å². The lowest BCUT2D eigenvalue weighted by atomic mass is 9.88. The number of carboxylic acid groups (broad SMARTS) is 2. The lowest BCUT2D eigenvalue weighted by molar-refractivity contribution is -0.368. The summed E-state index contributed by atoms with van der Waals surface area (Å²) in [6.07, 6.45) is -65.4. The number of carboxylic acids is 2. The minimum absolute atomic E-state index is 0.0557. The van der Waals surface area contributed by atoms with Crippen molar-refractivity contribution in [2.75, 3.05) is 52.9 Å². The highest BCUT2D eigenvalue weighted by Crippen LogP contribution is 2.43. The van der Waals surface area contributed by atoms with E-state index in [0.29, 0.717) is 11.1 Å². The summed E-state index contributed by atoms with van der Waals surface area (Å²) in [5, 5.41) is 341. The van der Waals surface area contributed by atoms with Crippen molar-refractivity contribution in [3.63, 3.8) is 0 Å². The Balaban J connectivity index is 0.573. The Kier molecular flexibility index (Phi) is 33.7. The maximum absolute atomic E-state index is 12.8. The third-order valence-electron chi connectivity index (χ3n) is 24.2. The van der Waals surface area contributed by atoms with E-state index in [4.69, 9.17) is 66.3 Å². The molecular weight excluding hydrogens is 1820 g/mol. The molecule has 0 unspecified atom stereocenters. The smallest absolute Gasteiger partial charge is 0.364 e. The molecule has 0 spiro atoms. The zero-order chi connectivity index (χ0) is 97.3. The van der Waals surface area contributed by atoms with E-state index in [1.807, 2.05) is 0 Å². The number of nitrogens with zero attached hydrogens (tertiary/aromatic N) is 12. The Labute approximate surface area is 752 Å². The summed E-state index contributed by atoms with van der Waals surface area (Å²) < 4.78 is 84.3. The molecule has 134 heavy (non-hydrogen) atoms. The van der Waals surface area contributed by atoms with Gasteiger partial charge in [-0.1, -0.05) is 45.1 Å². The van der Waals surface area contributed by atoms with Gasteiger partial charge in [-0.15, -0.1) is 20.4 Å². The number of hydrogen-bond donors (Lipinski definition) is 30. The molecule has 8 saturated heterocycles. The Hall–Kier alpha value is -7.94. The topological polar surface area (TPSA) is 911 Å². The van der Waals surface area contributed by atoms with Gasteiger partial charge in [0.05, 0.1) is 115 Å². The van der Waals surface area contributed by atoms with E-state index in [0.717, 1.165) is 32.6 Å². The van der Waals surface area contributed by atoms with Gasteiger partial charge in [0.15, 0.2) is 37.6 Å². The van der Waals surface area contributed by atoms with E-state index in [1.54, 1.807) is 24.3 Å². The van der Waals surface area contributed by atoms with Crippen molar-refractivity contribution in [1.82, 2.24) is 70.6 Å². The third kappa shape index (κ3) is 21.4. The van der Waals surface area contributed by atoms with Gasteiger partial charge in [-0.3, -0.25) is 9.59 Å². The average Bonchev–Trinajstić information content (AvgIpc) is 1.18. The van der Waals surface area contributed by atoms with E-state index in [9.17, 15) is 162 Å². The van der Waals surface area contributed by atoms with Gasteiger partial charge in [-0.25, -0.2) is 28.3 Å². The van der Waals surface area contributed by atoms with Crippen molar-refractivity contribution in [1.29, 1.82) is 0 Å². The summed E-state index contributed by atoms with van der Waals surface area (Å²) in [5.74, 6) is -11.4. The van der Waals surface area contributed by atoms with Gasteiger partial charge in [0, 0.05) is 37.8 Å². The monoisotopic (exact) mass is 1930 g/mol. The molecule has 1 aromatic carbocycles. The van der Waals surface area contributed by atoms with Crippen LogP contribution in [0.2, 0.25) is 0 Å². The largest absolute Gasteiger partial charge is 0.477 e. The van der Waals surface area contributed by atoms with E-state index in [1.165, 1.54) is 24.8 Å². The first kappa shape index (κ1) is 103. The highest BCUT2D eigenvalue weighted by Gasteiger charge is 2.62. The number of rotatable bonds is 36. The molecule has 42 atom stereocenters. The summed E-state index contributed by atoms with van der Waals surface area (Å²) in [6, 6.07) is 0.675. The van der Waals surface area contributed by atoms with Gasteiger partial charge in [0.1, 0.15) is 206 Å². The van der Waals surface area contributed by atoms with Crippen LogP contribution in [0, 0.1) is 0 Å². The molecule has 0 bridgehead atoms. The molecule has 60 heteroatoms. The number of aromatic nitrogens is 12. The zero-order valence-corrected chi connectivity index (χ0v) is 70.4. The SMILES string of the molecule is CC(=O)N[C@H]1[C@H]([C@H](O)[C@H](O)CO)O[C@@](OC[C@H]2O[C@@H](O[C@H]3[C@H](O)[C@@H](O)[C@H](OCc4cn([C@@H]5O[C@H](CO)[C@@H](n6cc(-c7ccc(-c8cn([C@H]9[C@H](O)[C@@H](O)[C@H](n%10cc(CO[C@@H]%11O[C@H](CO)[C@@H](O[C@@H]%12O[C@H](CO[C@]%13(C(=O)O)C[C@H](O)[C@@H](NC(C)=O)[C@H]([C@H](O)[C@H](O)CO)O%13)[C@H](O)[C@H](O)[C@H]%12O)[C@H](O)[C@H]%11O)nn%10)O[C@@H]9CO)nn8)cc7)nn6)[C@H](O)[C@H]5O)nn4)O[C@@H]3CO)[C@H](O)[C@@H](O)[C@H]2O)(C(=O)O)C[C@@H]1O. The number of benzene rings is 1. The summed E-state index contributed by atoms with van der Waals surface area (Å²) >= 11 is 0. The number of carbonyl (C=O) groups is 4. The summed E-state index contributed by atoms with van der Waals surface area (Å²) in [7, 11) is 0. The van der Waals surface area contributed by atoms with Crippen molar-refractivity contribution in [2.24, 2.45) is 0 Å². The predicted octanol–water partition coefficient (Wildman–Crippen LogP) is -18.3. The number of ether oxygens (including phenoxy) is 14. The molecule has 8 aliphatic heterocycles. The first-order chi connectivity index (χ1) is 63.6. The third-order valence-corrected chi connectivity index (χ3v) is 24.2. The van der Waals surface area contributed by atoms with Crippen LogP contribution < -0.4 is 10.6 Å². The fourth-order valence-electron chi connectivity index (χ4n) is 16.9. The molecule has 0 saturated carbocycles. The van der Waals surface area contributed by atoms with Crippen molar-refractivity contribution in [2.45, 2.75) is 296 Å². The standard InChI is InChI=1S/C74H108N14O46/c1-23(95)75-41-31(97)7-73(71(117)118,133-63(41)45(101)33(99)13-89)123-21-39-47(103)51(107)57(113)69(129-39)131-61-37(17-93)127-67(59(115)53(61)109)121-19-27-9-87(81-77-27)65-55(111)49(105)43(35(15-91)125-65)85-11-29(79-83-85)25-3-5-26(6-4-25)30-12-86(84-80-30)44-36(16-92)126-66(56(112)50(44)106)88-10-28(78-82-88)20-122-68-60(116)54(110)62(38(18-94)128-68)132-70-58(114)52(108)48(104)40(130-70)22-124-74(72(119)120)8-32(98)42(76-24(2)96)64(134-74)46(102)34(100)14-90/h3-6,9-12,31-70,89-94,97-116H,7-8,13-22H2,1-2H3,(H,75,95)(H,76,96)(H,117,118)(H,119,120)/t31-,32-,33+,34+,35+,36+,37+,38+,39+,40+,41+,42+,43+,44+,45+,46+,47-,48-,49-,50-,51-,52-,53+,54+,55+,56+,57+,58+,59+,60+,61+,62+,63+,64+,65+,66+,67+,68+,69-,70-,73+,74+/m0/s1. The van der Waals surface area contributed by atoms with Crippen LogP contribution in [0.25, 0.3) is 22.5 Å². The molecule has 30 N–H and O–H groups in total.